The molecule has 0 fully saturated rings. The monoisotopic (exact) mass is 416 g/mol. The van der Waals surface area contributed by atoms with Gasteiger partial charge in [-0.05, 0) is 48.4 Å². The number of amides is 2. The average Bonchev–Trinajstić information content (AvgIpc) is 2.76. The van der Waals surface area contributed by atoms with E-state index < -0.39 is 0 Å². The van der Waals surface area contributed by atoms with Gasteiger partial charge in [0, 0.05) is 19.2 Å². The van der Waals surface area contributed by atoms with E-state index in [1.165, 1.54) is 12.0 Å². The highest BCUT2D eigenvalue weighted by Crippen LogP contribution is 2.38. The molecule has 0 atom stereocenters. The highest BCUT2D eigenvalue weighted by atomic mass is 16.5. The molecule has 0 aromatic heterocycles. The van der Waals surface area contributed by atoms with Crippen molar-refractivity contribution in [2.45, 2.75) is 12.8 Å². The molecule has 2 amide bonds. The van der Waals surface area contributed by atoms with Crippen LogP contribution >= 0.6 is 0 Å². The standard InChI is InChI=1S/C22H28N2O6/c1-24(14-20(25)23-16-7-9-17(27-2)10-8-16)21(26)11-6-15-12-18(28-3)22(30-5)19(13-15)29-4/h7-10,12-13H,6,11,14H2,1-5H3,(H,23,25). The number of likely N-dealkylation sites (N-methyl/N-ethyl adjacent to an activating group) is 1. The zero-order valence-corrected chi connectivity index (χ0v) is 18.0. The lowest BCUT2D eigenvalue weighted by molar-refractivity contribution is -0.133. The third kappa shape index (κ3) is 6.04. The largest absolute Gasteiger partial charge is 0.497 e. The van der Waals surface area contributed by atoms with Gasteiger partial charge in [0.1, 0.15) is 5.75 Å². The molecule has 0 unspecified atom stereocenters. The van der Waals surface area contributed by atoms with Crippen LogP contribution in [0, 0.1) is 0 Å². The Morgan fingerprint density at radius 1 is 0.900 bits per heavy atom. The van der Waals surface area contributed by atoms with E-state index in [4.69, 9.17) is 18.9 Å². The predicted octanol–water partition coefficient (Wildman–Crippen LogP) is 2.75. The number of aryl methyl sites for hydroxylation is 1. The summed E-state index contributed by atoms with van der Waals surface area (Å²) in [5.74, 6) is 1.85. The van der Waals surface area contributed by atoms with Crippen molar-refractivity contribution >= 4 is 17.5 Å². The summed E-state index contributed by atoms with van der Waals surface area (Å²) in [7, 11) is 7.80. The lowest BCUT2D eigenvalue weighted by Crippen LogP contribution is -2.35. The molecule has 2 aromatic rings. The molecule has 8 heteroatoms. The van der Waals surface area contributed by atoms with Gasteiger partial charge < -0.3 is 29.2 Å². The fourth-order valence-electron chi connectivity index (χ4n) is 2.90. The summed E-state index contributed by atoms with van der Waals surface area (Å²) in [5, 5.41) is 2.76. The molecule has 0 heterocycles. The predicted molar refractivity (Wildman–Crippen MR) is 114 cm³/mol. The van der Waals surface area contributed by atoms with Crippen LogP contribution in [0.15, 0.2) is 36.4 Å². The van der Waals surface area contributed by atoms with Gasteiger partial charge in [-0.3, -0.25) is 9.59 Å². The van der Waals surface area contributed by atoms with Gasteiger partial charge in [-0.2, -0.15) is 0 Å². The number of hydrogen-bond acceptors (Lipinski definition) is 6. The van der Waals surface area contributed by atoms with Crippen molar-refractivity contribution in [1.29, 1.82) is 0 Å². The van der Waals surface area contributed by atoms with Gasteiger partial charge in [-0.1, -0.05) is 0 Å². The van der Waals surface area contributed by atoms with Crippen LogP contribution in [-0.2, 0) is 16.0 Å². The Labute approximate surface area is 176 Å². The van der Waals surface area contributed by atoms with Gasteiger partial charge in [0.25, 0.3) is 0 Å². The number of ether oxygens (including phenoxy) is 4. The van der Waals surface area contributed by atoms with Crippen molar-refractivity contribution in [2.24, 2.45) is 0 Å². The SMILES string of the molecule is COc1ccc(NC(=O)CN(C)C(=O)CCc2cc(OC)c(OC)c(OC)c2)cc1. The summed E-state index contributed by atoms with van der Waals surface area (Å²) in [6.45, 7) is -0.0416. The highest BCUT2D eigenvalue weighted by molar-refractivity contribution is 5.94. The molecule has 0 aliphatic rings. The van der Waals surface area contributed by atoms with E-state index in [2.05, 4.69) is 5.32 Å². The minimum Gasteiger partial charge on any atom is -0.497 e. The van der Waals surface area contributed by atoms with Crippen LogP contribution in [0.5, 0.6) is 23.0 Å². The molecule has 162 valence electrons. The Hall–Kier alpha value is -3.42. The van der Waals surface area contributed by atoms with Crippen LogP contribution in [0.2, 0.25) is 0 Å². The number of nitrogens with one attached hydrogen (secondary N) is 1. The van der Waals surface area contributed by atoms with Crippen LogP contribution in [0.25, 0.3) is 0 Å². The van der Waals surface area contributed by atoms with Crippen LogP contribution in [-0.4, -0.2) is 58.7 Å². The number of rotatable bonds is 10. The molecule has 0 aliphatic heterocycles. The maximum Gasteiger partial charge on any atom is 0.243 e. The number of methoxy groups -OCH3 is 4. The quantitative estimate of drug-likeness (QED) is 0.641. The van der Waals surface area contributed by atoms with Gasteiger partial charge in [-0.25, -0.2) is 0 Å². The summed E-state index contributed by atoms with van der Waals surface area (Å²) in [6, 6.07) is 10.6. The first-order valence-electron chi connectivity index (χ1n) is 9.38. The van der Waals surface area contributed by atoms with Gasteiger partial charge in [-0.15, -0.1) is 0 Å². The molecule has 0 saturated carbocycles. The van der Waals surface area contributed by atoms with E-state index in [9.17, 15) is 9.59 Å². The van der Waals surface area contributed by atoms with Gasteiger partial charge >= 0.3 is 0 Å². The van der Waals surface area contributed by atoms with Crippen molar-refractivity contribution < 1.29 is 28.5 Å². The number of carbonyl (C=O) groups excluding carboxylic acids is 2. The van der Waals surface area contributed by atoms with Crippen LogP contribution in [0.3, 0.4) is 0 Å². The van der Waals surface area contributed by atoms with Crippen molar-refractivity contribution in [3.05, 3.63) is 42.0 Å². The van der Waals surface area contributed by atoms with E-state index in [1.807, 2.05) is 12.1 Å². The van der Waals surface area contributed by atoms with E-state index >= 15 is 0 Å². The number of hydrogen-bond donors (Lipinski definition) is 1. The number of benzene rings is 2. The molecule has 8 nitrogen and oxygen atoms in total. The third-order valence-electron chi connectivity index (χ3n) is 4.53. The fourth-order valence-corrected chi connectivity index (χ4v) is 2.90. The molecule has 0 bridgehead atoms. The first-order chi connectivity index (χ1) is 14.4. The molecule has 1 N–H and O–H groups in total. The van der Waals surface area contributed by atoms with E-state index in [0.717, 1.165) is 5.56 Å². The molecule has 30 heavy (non-hydrogen) atoms. The second kappa shape index (κ2) is 10.9. The Morgan fingerprint density at radius 3 is 2.00 bits per heavy atom. The summed E-state index contributed by atoms with van der Waals surface area (Å²) in [5.41, 5.74) is 1.51. The van der Waals surface area contributed by atoms with Crippen LogP contribution < -0.4 is 24.3 Å². The maximum absolute atomic E-state index is 12.5. The molecule has 0 saturated heterocycles. The second-order valence-corrected chi connectivity index (χ2v) is 6.56. The summed E-state index contributed by atoms with van der Waals surface area (Å²) in [4.78, 5) is 26.1. The lowest BCUT2D eigenvalue weighted by Gasteiger charge is -2.18. The van der Waals surface area contributed by atoms with Gasteiger partial charge in [0.2, 0.25) is 17.6 Å². The van der Waals surface area contributed by atoms with Gasteiger partial charge in [0.05, 0.1) is 35.0 Å². The normalized spacial score (nSPS) is 10.2. The van der Waals surface area contributed by atoms with E-state index in [1.54, 1.807) is 52.6 Å². The Bertz CT molecular complexity index is 841. The van der Waals surface area contributed by atoms with Crippen molar-refractivity contribution in [3.63, 3.8) is 0 Å². The first-order valence-corrected chi connectivity index (χ1v) is 9.38. The van der Waals surface area contributed by atoms with Crippen LogP contribution in [0.1, 0.15) is 12.0 Å². The molecular formula is C22H28N2O6. The third-order valence-corrected chi connectivity index (χ3v) is 4.53. The Balaban J connectivity index is 1.91. The average molecular weight is 416 g/mol. The lowest BCUT2D eigenvalue weighted by atomic mass is 10.1. The molecule has 0 spiro atoms. The number of nitrogens with zero attached hydrogens (tertiary/aromatic N) is 1. The zero-order chi connectivity index (χ0) is 22.1. The molecule has 0 aliphatic carbocycles. The van der Waals surface area contributed by atoms with E-state index in [-0.39, 0.29) is 24.8 Å². The molecule has 2 rings (SSSR count). The van der Waals surface area contributed by atoms with Gasteiger partial charge in [0.15, 0.2) is 11.5 Å². The summed E-state index contributed by atoms with van der Waals surface area (Å²) in [6.07, 6.45) is 0.713. The summed E-state index contributed by atoms with van der Waals surface area (Å²) >= 11 is 0. The number of anilines is 1. The minimum atomic E-state index is -0.274. The molecule has 0 radical (unpaired) electrons. The minimum absolute atomic E-state index is 0.0416. The zero-order valence-electron chi connectivity index (χ0n) is 18.0. The topological polar surface area (TPSA) is 86.3 Å². The van der Waals surface area contributed by atoms with Crippen LogP contribution in [0.4, 0.5) is 5.69 Å². The smallest absolute Gasteiger partial charge is 0.243 e. The molecular weight excluding hydrogens is 388 g/mol. The summed E-state index contributed by atoms with van der Waals surface area (Å²) < 4.78 is 21.1. The highest BCUT2D eigenvalue weighted by Gasteiger charge is 2.16. The maximum atomic E-state index is 12.5. The van der Waals surface area contributed by atoms with Crippen molar-refractivity contribution in [2.75, 3.05) is 47.3 Å². The van der Waals surface area contributed by atoms with Crippen molar-refractivity contribution in [3.8, 4) is 23.0 Å². The number of carbonyl (C=O) groups is 2. The van der Waals surface area contributed by atoms with Crippen molar-refractivity contribution in [1.82, 2.24) is 4.90 Å². The Morgan fingerprint density at radius 2 is 1.50 bits per heavy atom. The second-order valence-electron chi connectivity index (χ2n) is 6.56. The van der Waals surface area contributed by atoms with E-state index in [0.29, 0.717) is 35.1 Å². The molecule has 2 aromatic carbocycles. The fraction of sp³-hybridized carbons (Fsp3) is 0.364. The Kier molecular flexibility index (Phi) is 8.34. The first kappa shape index (κ1) is 22.9.